The number of anilines is 2. The summed E-state index contributed by atoms with van der Waals surface area (Å²) in [7, 11) is -7.35. The molecule has 0 amide bonds. The molecule has 1 aliphatic heterocycles. The Bertz CT molecular complexity index is 1640. The van der Waals surface area contributed by atoms with E-state index in [0.717, 1.165) is 23.7 Å². The van der Waals surface area contributed by atoms with Crippen LogP contribution in [0.2, 0.25) is 5.02 Å². The normalized spacial score (nSPS) is 16.0. The number of nitrogens with zero attached hydrogens (tertiary/aromatic N) is 3. The van der Waals surface area contributed by atoms with Crippen LogP contribution in [0.15, 0.2) is 78.0 Å². The largest absolute Gasteiger partial charge is 0.280 e. The van der Waals surface area contributed by atoms with E-state index in [1.165, 1.54) is 28.6 Å². The van der Waals surface area contributed by atoms with E-state index in [-0.39, 0.29) is 10.6 Å². The molecule has 3 heterocycles. The van der Waals surface area contributed by atoms with Crippen molar-refractivity contribution in [2.45, 2.75) is 24.2 Å². The number of halogens is 1. The van der Waals surface area contributed by atoms with Crippen molar-refractivity contribution in [1.82, 2.24) is 9.97 Å². The van der Waals surface area contributed by atoms with Crippen LogP contribution in [0, 0.1) is 0 Å². The Morgan fingerprint density at radius 3 is 2.56 bits per heavy atom. The summed E-state index contributed by atoms with van der Waals surface area (Å²) in [4.78, 5) is 8.72. The second-order valence-corrected chi connectivity index (χ2v) is 12.6. The van der Waals surface area contributed by atoms with Gasteiger partial charge in [0.1, 0.15) is 0 Å². The maximum absolute atomic E-state index is 13.1. The number of aromatic nitrogens is 2. The van der Waals surface area contributed by atoms with Gasteiger partial charge in [0.15, 0.2) is 0 Å². The van der Waals surface area contributed by atoms with Gasteiger partial charge in [0.25, 0.3) is 10.0 Å². The van der Waals surface area contributed by atoms with Gasteiger partial charge in [-0.05, 0) is 73.5 Å². The molecule has 1 aliphatic rings. The quantitative estimate of drug-likeness (QED) is 0.377. The first kappa shape index (κ1) is 24.5. The lowest BCUT2D eigenvalue weighted by molar-refractivity contribution is 0.592. The SMILES string of the molecule is O=S(=O)(Nc1ccc(Cl)c(-c2ccc3cnccc3n2)c1)c1ccc(N2CCCCCS2(=O)=O)cc1. The maximum atomic E-state index is 13.1. The molecule has 5 rings (SSSR count). The molecule has 0 aliphatic carbocycles. The number of pyridine rings is 2. The van der Waals surface area contributed by atoms with Crippen LogP contribution in [-0.2, 0) is 20.0 Å². The monoisotopic (exact) mass is 542 g/mol. The van der Waals surface area contributed by atoms with Crippen molar-refractivity contribution in [2.24, 2.45) is 0 Å². The second kappa shape index (κ2) is 9.68. The fraction of sp³-hybridized carbons (Fsp3) is 0.200. The van der Waals surface area contributed by atoms with Gasteiger partial charge in [-0.2, -0.15) is 0 Å². The van der Waals surface area contributed by atoms with Crippen molar-refractivity contribution in [3.63, 3.8) is 0 Å². The first-order valence-corrected chi connectivity index (χ1v) is 14.8. The van der Waals surface area contributed by atoms with Gasteiger partial charge in [0.2, 0.25) is 10.0 Å². The minimum atomic E-state index is -3.93. The highest BCUT2D eigenvalue weighted by Gasteiger charge is 2.25. The first-order chi connectivity index (χ1) is 17.2. The number of sulfonamides is 2. The van der Waals surface area contributed by atoms with E-state index in [4.69, 9.17) is 11.6 Å². The van der Waals surface area contributed by atoms with E-state index in [1.807, 2.05) is 6.07 Å². The summed E-state index contributed by atoms with van der Waals surface area (Å²) in [6.07, 6.45) is 5.61. The molecule has 0 spiro atoms. The standard InChI is InChI=1S/C25H23ClN4O4S2/c26-23-10-5-19(16-22(23)25-11-4-18-17-27-13-12-24(18)28-25)29-36(33,34)21-8-6-20(7-9-21)30-14-2-1-3-15-35(30,31)32/h4-13,16-17,29H,1-3,14-15H2. The third-order valence-corrected chi connectivity index (χ3v) is 9.61. The molecule has 0 saturated carbocycles. The number of nitrogens with one attached hydrogen (secondary N) is 1. The van der Waals surface area contributed by atoms with E-state index >= 15 is 0 Å². The van der Waals surface area contributed by atoms with Crippen molar-refractivity contribution in [2.75, 3.05) is 21.3 Å². The number of fused-ring (bicyclic) bond motifs is 1. The van der Waals surface area contributed by atoms with Crippen molar-refractivity contribution < 1.29 is 16.8 Å². The molecule has 2 aromatic heterocycles. The van der Waals surface area contributed by atoms with Gasteiger partial charge in [0.05, 0.1) is 32.6 Å². The molecule has 1 saturated heterocycles. The molecular formula is C25H23ClN4O4S2. The van der Waals surface area contributed by atoms with Crippen LogP contribution in [0.4, 0.5) is 11.4 Å². The summed E-state index contributed by atoms with van der Waals surface area (Å²) < 4.78 is 55.2. The van der Waals surface area contributed by atoms with Crippen LogP contribution < -0.4 is 9.03 Å². The van der Waals surface area contributed by atoms with E-state index in [9.17, 15) is 16.8 Å². The lowest BCUT2D eigenvalue weighted by atomic mass is 10.1. The number of hydrogen-bond donors (Lipinski definition) is 1. The summed E-state index contributed by atoms with van der Waals surface area (Å²) in [6, 6.07) is 16.2. The lowest BCUT2D eigenvalue weighted by Crippen LogP contribution is -2.32. The molecule has 0 atom stereocenters. The number of rotatable bonds is 5. The zero-order valence-electron chi connectivity index (χ0n) is 19.1. The minimum absolute atomic E-state index is 0.0197. The van der Waals surface area contributed by atoms with Crippen LogP contribution in [0.1, 0.15) is 19.3 Å². The zero-order valence-corrected chi connectivity index (χ0v) is 21.5. The van der Waals surface area contributed by atoms with Gasteiger partial charge >= 0.3 is 0 Å². The second-order valence-electron chi connectivity index (χ2n) is 8.51. The van der Waals surface area contributed by atoms with Crippen LogP contribution in [0.25, 0.3) is 22.2 Å². The predicted molar refractivity (Wildman–Crippen MR) is 142 cm³/mol. The van der Waals surface area contributed by atoms with Crippen LogP contribution in [-0.4, -0.2) is 39.1 Å². The van der Waals surface area contributed by atoms with Gasteiger partial charge in [0, 0.05) is 35.6 Å². The summed E-state index contributed by atoms with van der Waals surface area (Å²) >= 11 is 6.41. The third kappa shape index (κ3) is 5.02. The molecule has 186 valence electrons. The van der Waals surface area contributed by atoms with Gasteiger partial charge in [-0.1, -0.05) is 18.0 Å². The summed E-state index contributed by atoms with van der Waals surface area (Å²) in [5.74, 6) is 0.0937. The minimum Gasteiger partial charge on any atom is -0.280 e. The third-order valence-electron chi connectivity index (χ3n) is 6.02. The maximum Gasteiger partial charge on any atom is 0.261 e. The Labute approximate surface area is 215 Å². The molecule has 0 unspecified atom stereocenters. The van der Waals surface area contributed by atoms with E-state index in [2.05, 4.69) is 14.7 Å². The molecule has 0 radical (unpaired) electrons. The lowest BCUT2D eigenvalue weighted by Gasteiger charge is -2.22. The Kier molecular flexibility index (Phi) is 6.59. The van der Waals surface area contributed by atoms with Gasteiger partial charge in [-0.15, -0.1) is 0 Å². The van der Waals surface area contributed by atoms with Crippen LogP contribution >= 0.6 is 11.6 Å². The van der Waals surface area contributed by atoms with Crippen molar-refractivity contribution >= 4 is 53.9 Å². The van der Waals surface area contributed by atoms with E-state index in [0.29, 0.717) is 40.6 Å². The average molecular weight is 543 g/mol. The topological polar surface area (TPSA) is 109 Å². The Balaban J connectivity index is 1.41. The summed E-state index contributed by atoms with van der Waals surface area (Å²) in [5, 5.41) is 1.31. The molecule has 11 heteroatoms. The van der Waals surface area contributed by atoms with Gasteiger partial charge < -0.3 is 0 Å². The Morgan fingerprint density at radius 2 is 1.75 bits per heavy atom. The van der Waals surface area contributed by atoms with Crippen LogP contribution in [0.3, 0.4) is 0 Å². The molecule has 2 aromatic carbocycles. The summed E-state index contributed by atoms with van der Waals surface area (Å²) in [5.41, 5.74) is 2.71. The highest BCUT2D eigenvalue weighted by molar-refractivity contribution is 7.93. The Hall–Kier alpha value is -3.21. The highest BCUT2D eigenvalue weighted by Crippen LogP contribution is 2.32. The smallest absolute Gasteiger partial charge is 0.261 e. The fourth-order valence-corrected chi connectivity index (χ4v) is 7.07. The number of benzene rings is 2. The average Bonchev–Trinajstić information content (AvgIpc) is 3.05. The van der Waals surface area contributed by atoms with E-state index in [1.54, 1.807) is 42.7 Å². The first-order valence-electron chi connectivity index (χ1n) is 11.4. The molecule has 1 fully saturated rings. The van der Waals surface area contributed by atoms with E-state index < -0.39 is 20.0 Å². The van der Waals surface area contributed by atoms with Gasteiger partial charge in [-0.25, -0.2) is 21.8 Å². The van der Waals surface area contributed by atoms with Gasteiger partial charge in [-0.3, -0.25) is 14.0 Å². The summed E-state index contributed by atoms with van der Waals surface area (Å²) in [6.45, 7) is 0.388. The van der Waals surface area contributed by atoms with Crippen molar-refractivity contribution in [3.8, 4) is 11.3 Å². The molecule has 8 nitrogen and oxygen atoms in total. The molecule has 36 heavy (non-hydrogen) atoms. The van der Waals surface area contributed by atoms with Crippen molar-refractivity contribution in [1.29, 1.82) is 0 Å². The molecule has 4 aromatic rings. The Morgan fingerprint density at radius 1 is 0.944 bits per heavy atom. The zero-order chi connectivity index (χ0) is 25.3. The predicted octanol–water partition coefficient (Wildman–Crippen LogP) is 5.07. The molecule has 0 bridgehead atoms. The number of hydrogen-bond acceptors (Lipinski definition) is 6. The molecular weight excluding hydrogens is 520 g/mol. The van der Waals surface area contributed by atoms with Crippen LogP contribution in [0.5, 0.6) is 0 Å². The van der Waals surface area contributed by atoms with Crippen molar-refractivity contribution in [3.05, 3.63) is 78.1 Å². The molecule has 1 N–H and O–H groups in total. The highest BCUT2D eigenvalue weighted by atomic mass is 35.5. The fourth-order valence-electron chi connectivity index (χ4n) is 4.16.